The maximum atomic E-state index is 5.73. The van der Waals surface area contributed by atoms with Crippen LogP contribution in [0.25, 0.3) is 11.1 Å². The minimum atomic E-state index is 0.500. The first kappa shape index (κ1) is 13.0. The third kappa shape index (κ3) is 2.24. The van der Waals surface area contributed by atoms with Gasteiger partial charge >= 0.3 is 0 Å². The van der Waals surface area contributed by atoms with Gasteiger partial charge in [-0.25, -0.2) is 0 Å². The highest BCUT2D eigenvalue weighted by atomic mass is 16.5. The average Bonchev–Trinajstić information content (AvgIpc) is 2.89. The number of fused-ring (bicyclic) bond motifs is 2. The Morgan fingerprint density at radius 2 is 2.09 bits per heavy atom. The highest BCUT2D eigenvalue weighted by Crippen LogP contribution is 2.34. The monoisotopic (exact) mass is 295 g/mol. The molecule has 2 heterocycles. The number of nitrogens with zero attached hydrogens (tertiary/aromatic N) is 2. The van der Waals surface area contributed by atoms with Crippen LogP contribution in [-0.2, 0) is 0 Å². The maximum absolute atomic E-state index is 5.73. The molecule has 0 unspecified atom stereocenters. The largest absolute Gasteiger partial charge is 0.490 e. The summed E-state index contributed by atoms with van der Waals surface area (Å²) in [6.07, 6.45) is 0. The van der Waals surface area contributed by atoms with Gasteiger partial charge in [0.25, 0.3) is 6.01 Å². The van der Waals surface area contributed by atoms with Gasteiger partial charge < -0.3 is 19.4 Å². The van der Waals surface area contributed by atoms with Gasteiger partial charge in [-0.3, -0.25) is 0 Å². The van der Waals surface area contributed by atoms with Crippen LogP contribution >= 0.6 is 0 Å². The van der Waals surface area contributed by atoms with Gasteiger partial charge in [-0.2, -0.15) is 4.98 Å². The molecule has 0 spiro atoms. The molecule has 4 rings (SSSR count). The summed E-state index contributed by atoms with van der Waals surface area (Å²) in [7, 11) is 2.06. The minimum Gasteiger partial charge on any atom is -0.490 e. The number of anilines is 3. The molecule has 0 saturated heterocycles. The van der Waals surface area contributed by atoms with Crippen molar-refractivity contribution in [3.8, 4) is 5.75 Å². The molecule has 0 atom stereocenters. The normalized spacial score (nSPS) is 13.8. The summed E-state index contributed by atoms with van der Waals surface area (Å²) in [6.45, 7) is 3.65. The van der Waals surface area contributed by atoms with Crippen molar-refractivity contribution in [3.63, 3.8) is 0 Å². The Bertz CT molecular complexity index is 841. The van der Waals surface area contributed by atoms with E-state index in [1.165, 1.54) is 5.56 Å². The van der Waals surface area contributed by atoms with Crippen LogP contribution in [0.5, 0.6) is 5.75 Å². The molecule has 0 saturated carbocycles. The quantitative estimate of drug-likeness (QED) is 0.781. The highest BCUT2D eigenvalue weighted by molar-refractivity contribution is 5.76. The van der Waals surface area contributed by atoms with E-state index in [9.17, 15) is 0 Å². The number of hydrogen-bond donors (Lipinski definition) is 1. The smallest absolute Gasteiger partial charge is 0.300 e. The number of ether oxygens (including phenoxy) is 1. The molecule has 0 amide bonds. The van der Waals surface area contributed by atoms with Gasteiger partial charge in [0.2, 0.25) is 0 Å². The lowest BCUT2D eigenvalue weighted by Gasteiger charge is -2.28. The van der Waals surface area contributed by atoms with Crippen LogP contribution < -0.4 is 15.0 Å². The molecule has 1 aromatic heterocycles. The zero-order valence-corrected chi connectivity index (χ0v) is 12.6. The van der Waals surface area contributed by atoms with Gasteiger partial charge in [-0.15, -0.1) is 0 Å². The number of benzene rings is 2. The molecule has 0 radical (unpaired) electrons. The lowest BCUT2D eigenvalue weighted by Crippen LogP contribution is -2.28. The van der Waals surface area contributed by atoms with Crippen LogP contribution in [-0.4, -0.2) is 25.2 Å². The zero-order chi connectivity index (χ0) is 15.1. The van der Waals surface area contributed by atoms with E-state index in [-0.39, 0.29) is 0 Å². The van der Waals surface area contributed by atoms with Crippen molar-refractivity contribution in [2.75, 3.05) is 30.4 Å². The molecule has 5 nitrogen and oxygen atoms in total. The third-order valence-electron chi connectivity index (χ3n) is 3.85. The number of nitrogens with one attached hydrogen (secondary N) is 1. The van der Waals surface area contributed by atoms with Crippen LogP contribution in [0, 0.1) is 6.92 Å². The first-order chi connectivity index (χ1) is 10.7. The van der Waals surface area contributed by atoms with Crippen molar-refractivity contribution in [1.82, 2.24) is 4.98 Å². The number of aryl methyl sites for hydroxylation is 1. The molecule has 1 aliphatic heterocycles. The van der Waals surface area contributed by atoms with Crippen LogP contribution in [0.1, 0.15) is 5.56 Å². The Labute approximate surface area is 128 Å². The predicted molar refractivity (Wildman–Crippen MR) is 87.2 cm³/mol. The lowest BCUT2D eigenvalue weighted by atomic mass is 10.2. The van der Waals surface area contributed by atoms with Crippen molar-refractivity contribution >= 4 is 28.5 Å². The van der Waals surface area contributed by atoms with E-state index in [0.717, 1.165) is 41.4 Å². The molecule has 22 heavy (non-hydrogen) atoms. The van der Waals surface area contributed by atoms with Crippen molar-refractivity contribution < 1.29 is 9.15 Å². The van der Waals surface area contributed by atoms with Crippen LogP contribution in [0.15, 0.2) is 40.8 Å². The van der Waals surface area contributed by atoms with E-state index >= 15 is 0 Å². The van der Waals surface area contributed by atoms with Gasteiger partial charge in [0.05, 0.1) is 12.2 Å². The predicted octanol–water partition coefficient (Wildman–Crippen LogP) is 3.71. The topological polar surface area (TPSA) is 50.5 Å². The maximum Gasteiger partial charge on any atom is 0.300 e. The van der Waals surface area contributed by atoms with Crippen LogP contribution in [0.2, 0.25) is 0 Å². The van der Waals surface area contributed by atoms with Crippen LogP contribution in [0.3, 0.4) is 0 Å². The second kappa shape index (κ2) is 4.94. The molecule has 2 aromatic carbocycles. The molecular formula is C17H17N3O2. The SMILES string of the molecule is Cc1ccc2oc(Nc3ccc4c(c3)N(C)CCO4)nc2c1. The number of hydrogen-bond acceptors (Lipinski definition) is 5. The van der Waals surface area contributed by atoms with E-state index in [2.05, 4.69) is 28.3 Å². The third-order valence-corrected chi connectivity index (χ3v) is 3.85. The van der Waals surface area contributed by atoms with Crippen LogP contribution in [0.4, 0.5) is 17.4 Å². The van der Waals surface area contributed by atoms with Gasteiger partial charge in [0.15, 0.2) is 5.58 Å². The Balaban J connectivity index is 1.66. The van der Waals surface area contributed by atoms with Gasteiger partial charge in [-0.05, 0) is 42.8 Å². The number of aromatic nitrogens is 1. The van der Waals surface area contributed by atoms with E-state index < -0.39 is 0 Å². The van der Waals surface area contributed by atoms with Crippen molar-refractivity contribution in [1.29, 1.82) is 0 Å². The summed E-state index contributed by atoms with van der Waals surface area (Å²) in [5.41, 5.74) is 4.81. The Hall–Kier alpha value is -2.69. The second-order valence-corrected chi connectivity index (χ2v) is 5.57. The molecule has 1 aliphatic rings. The number of rotatable bonds is 2. The molecule has 5 heteroatoms. The fourth-order valence-corrected chi connectivity index (χ4v) is 2.64. The summed E-state index contributed by atoms with van der Waals surface area (Å²) in [5.74, 6) is 0.910. The summed E-state index contributed by atoms with van der Waals surface area (Å²) < 4.78 is 11.4. The minimum absolute atomic E-state index is 0.500. The van der Waals surface area contributed by atoms with Gasteiger partial charge in [-0.1, -0.05) is 6.07 Å². The lowest BCUT2D eigenvalue weighted by molar-refractivity contribution is 0.311. The molecule has 0 aliphatic carbocycles. The first-order valence-corrected chi connectivity index (χ1v) is 7.31. The van der Waals surface area contributed by atoms with E-state index in [4.69, 9.17) is 9.15 Å². The van der Waals surface area contributed by atoms with Gasteiger partial charge in [0, 0.05) is 12.7 Å². The summed E-state index contributed by atoms with van der Waals surface area (Å²) >= 11 is 0. The molecule has 0 fully saturated rings. The average molecular weight is 295 g/mol. The van der Waals surface area contributed by atoms with Crippen molar-refractivity contribution in [2.45, 2.75) is 6.92 Å². The summed E-state index contributed by atoms with van der Waals surface area (Å²) in [6, 6.07) is 12.5. The van der Waals surface area contributed by atoms with Crippen molar-refractivity contribution in [2.24, 2.45) is 0 Å². The fourth-order valence-electron chi connectivity index (χ4n) is 2.64. The van der Waals surface area contributed by atoms with E-state index in [1.807, 2.05) is 37.3 Å². The summed E-state index contributed by atoms with van der Waals surface area (Å²) in [5, 5.41) is 3.22. The molecule has 3 aromatic rings. The molecule has 0 bridgehead atoms. The highest BCUT2D eigenvalue weighted by Gasteiger charge is 2.15. The van der Waals surface area contributed by atoms with Crippen molar-refractivity contribution in [3.05, 3.63) is 42.0 Å². The van der Waals surface area contributed by atoms with Gasteiger partial charge in [0.1, 0.15) is 17.9 Å². The fraction of sp³-hybridized carbons (Fsp3) is 0.235. The summed E-state index contributed by atoms with van der Waals surface area (Å²) in [4.78, 5) is 6.66. The Morgan fingerprint density at radius 1 is 1.18 bits per heavy atom. The van der Waals surface area contributed by atoms with E-state index in [1.54, 1.807) is 0 Å². The first-order valence-electron chi connectivity index (χ1n) is 7.31. The zero-order valence-electron chi connectivity index (χ0n) is 12.6. The Morgan fingerprint density at radius 3 is 3.00 bits per heavy atom. The standard InChI is InChI=1S/C17H17N3O2/c1-11-3-5-15-13(9-11)19-17(22-15)18-12-4-6-16-14(10-12)20(2)7-8-21-16/h3-6,9-10H,7-8H2,1-2H3,(H,18,19). The van der Waals surface area contributed by atoms with E-state index in [0.29, 0.717) is 6.01 Å². The number of likely N-dealkylation sites (N-methyl/N-ethyl adjacent to an activating group) is 1. The molecule has 1 N–H and O–H groups in total. The second-order valence-electron chi connectivity index (χ2n) is 5.57. The molecular weight excluding hydrogens is 278 g/mol. The Kier molecular flexibility index (Phi) is 2.92. The number of oxazole rings is 1. The molecule has 112 valence electrons.